The molecule has 16 nitrogen and oxygen atoms in total. The maximum Gasteiger partial charge on any atom is 0.294 e. The summed E-state index contributed by atoms with van der Waals surface area (Å²) in [6.45, 7) is 0. The fourth-order valence-corrected chi connectivity index (χ4v) is 5.05. The van der Waals surface area contributed by atoms with Crippen molar-refractivity contribution in [1.29, 1.82) is 0 Å². The largest absolute Gasteiger partial charge is 0.507 e. The highest BCUT2D eigenvalue weighted by Crippen LogP contribution is 2.45. The molecule has 0 saturated heterocycles. The molecule has 19 heteroatoms. The van der Waals surface area contributed by atoms with Crippen LogP contribution in [0.3, 0.4) is 0 Å². The maximum absolute atomic E-state index is 11.8. The lowest BCUT2D eigenvalue weighted by atomic mass is 10.1. The Labute approximate surface area is 245 Å². The molecule has 0 unspecified atom stereocenters. The second kappa shape index (κ2) is 13.4. The Morgan fingerprint density at radius 3 is 2.17 bits per heavy atom. The summed E-state index contributed by atoms with van der Waals surface area (Å²) in [5.41, 5.74) is -0.144. The smallest absolute Gasteiger partial charge is 0.294 e. The number of rotatable bonds is 12. The number of benzene rings is 4. The van der Waals surface area contributed by atoms with Crippen molar-refractivity contribution in [2.45, 2.75) is 14.7 Å². The molecule has 0 amide bonds. The van der Waals surface area contributed by atoms with E-state index in [-0.39, 0.29) is 45.3 Å². The number of aromatic hydroxyl groups is 3. The van der Waals surface area contributed by atoms with E-state index in [9.17, 15) is 28.3 Å². The van der Waals surface area contributed by atoms with E-state index in [1.807, 2.05) is 0 Å². The minimum Gasteiger partial charge on any atom is -0.507 e. The number of nitrogens with zero attached hydrogens (tertiary/aromatic N) is 2. The summed E-state index contributed by atoms with van der Waals surface area (Å²) in [5, 5.41) is 70.3. The minimum atomic E-state index is -4.69. The van der Waals surface area contributed by atoms with Gasteiger partial charge in [0.25, 0.3) is 10.1 Å². The van der Waals surface area contributed by atoms with Crippen LogP contribution in [0.25, 0.3) is 10.8 Å². The Kier molecular flexibility index (Phi) is 9.90. The summed E-state index contributed by atoms with van der Waals surface area (Å²) >= 11 is 1.23. The van der Waals surface area contributed by atoms with Gasteiger partial charge < -0.3 is 26.0 Å². The predicted octanol–water partition coefficient (Wildman–Crippen LogP) is 6.26. The first-order valence-corrected chi connectivity index (χ1v) is 14.1. The number of phenols is 3. The second-order valence-electron chi connectivity index (χ2n) is 8.02. The molecule has 0 aliphatic heterocycles. The highest BCUT2D eigenvalue weighted by atomic mass is 32.2. The molecule has 4 rings (SSSR count). The van der Waals surface area contributed by atoms with Crippen LogP contribution in [0.5, 0.6) is 17.2 Å². The Morgan fingerprint density at radius 1 is 0.786 bits per heavy atom. The van der Waals surface area contributed by atoms with Crippen LogP contribution >= 0.6 is 24.1 Å². The fourth-order valence-electron chi connectivity index (χ4n) is 3.69. The molecule has 0 saturated carbocycles. The SMILES string of the molecule is CNc1cc(S(=O)(=O)O)cc(N=Nc2c(Nc3cc(SOOO)ccc3O)ccc3cc(SOOO)cc(O)c23)c1O. The zero-order chi connectivity index (χ0) is 30.4. The fraction of sp³-hybridized carbons (Fsp3) is 0.0435. The van der Waals surface area contributed by atoms with Crippen LogP contribution in [0.2, 0.25) is 0 Å². The van der Waals surface area contributed by atoms with Gasteiger partial charge in [0, 0.05) is 16.8 Å². The average molecular weight is 641 g/mol. The van der Waals surface area contributed by atoms with Crippen molar-refractivity contribution in [3.63, 3.8) is 0 Å². The second-order valence-corrected chi connectivity index (χ2v) is 11.0. The predicted molar refractivity (Wildman–Crippen MR) is 150 cm³/mol. The Morgan fingerprint density at radius 2 is 1.50 bits per heavy atom. The molecule has 0 aliphatic rings. The number of fused-ring (bicyclic) bond motifs is 1. The number of nitrogens with one attached hydrogen (secondary N) is 2. The lowest BCUT2D eigenvalue weighted by molar-refractivity contribution is -0.432. The van der Waals surface area contributed by atoms with Crippen LogP contribution in [-0.2, 0) is 28.9 Å². The van der Waals surface area contributed by atoms with Crippen molar-refractivity contribution >= 4 is 73.4 Å². The Balaban J connectivity index is 1.90. The van der Waals surface area contributed by atoms with Crippen LogP contribution in [0.1, 0.15) is 0 Å². The lowest BCUT2D eigenvalue weighted by Gasteiger charge is -2.15. The van der Waals surface area contributed by atoms with E-state index in [4.69, 9.17) is 10.5 Å². The van der Waals surface area contributed by atoms with Gasteiger partial charge in [0.2, 0.25) is 0 Å². The molecule has 4 aromatic carbocycles. The topological polar surface area (TPSA) is 241 Å². The third-order valence-corrected chi connectivity index (χ3v) is 7.45. The number of anilines is 3. The molecule has 42 heavy (non-hydrogen) atoms. The van der Waals surface area contributed by atoms with Crippen molar-refractivity contribution in [2.24, 2.45) is 10.2 Å². The summed E-state index contributed by atoms with van der Waals surface area (Å²) in [6.07, 6.45) is 0. The zero-order valence-electron chi connectivity index (χ0n) is 20.9. The quantitative estimate of drug-likeness (QED) is 0.0213. The van der Waals surface area contributed by atoms with Gasteiger partial charge in [-0.2, -0.15) is 8.42 Å². The van der Waals surface area contributed by atoms with Gasteiger partial charge in [-0.25, -0.2) is 10.5 Å². The number of azo groups is 1. The third kappa shape index (κ3) is 7.11. The van der Waals surface area contributed by atoms with Crippen LogP contribution in [0.15, 0.2) is 79.5 Å². The maximum atomic E-state index is 11.8. The summed E-state index contributed by atoms with van der Waals surface area (Å²) < 4.78 is 42.0. The van der Waals surface area contributed by atoms with Crippen LogP contribution in [-0.4, -0.2) is 45.9 Å². The number of hydrogen-bond donors (Lipinski definition) is 8. The van der Waals surface area contributed by atoms with E-state index in [0.29, 0.717) is 39.3 Å². The summed E-state index contributed by atoms with van der Waals surface area (Å²) in [7, 11) is -3.28. The van der Waals surface area contributed by atoms with Gasteiger partial charge in [0.1, 0.15) is 22.9 Å². The molecule has 0 aromatic heterocycles. The van der Waals surface area contributed by atoms with Gasteiger partial charge >= 0.3 is 0 Å². The molecule has 0 aliphatic carbocycles. The summed E-state index contributed by atoms with van der Waals surface area (Å²) in [6, 6.07) is 12.1. The Bertz CT molecular complexity index is 1760. The van der Waals surface area contributed by atoms with Crippen LogP contribution in [0, 0.1) is 0 Å². The van der Waals surface area contributed by atoms with E-state index in [1.54, 1.807) is 12.1 Å². The zero-order valence-corrected chi connectivity index (χ0v) is 23.4. The molecular weight excluding hydrogens is 620 g/mol. The van der Waals surface area contributed by atoms with Gasteiger partial charge in [-0.05, 0) is 53.9 Å². The van der Waals surface area contributed by atoms with Gasteiger partial charge in [-0.15, -0.1) is 18.9 Å². The molecule has 0 atom stereocenters. The van der Waals surface area contributed by atoms with E-state index in [0.717, 1.165) is 12.1 Å². The molecule has 0 radical (unpaired) electrons. The van der Waals surface area contributed by atoms with E-state index >= 15 is 0 Å². The molecule has 8 N–H and O–H groups in total. The standard InChI is InChI=1S/C23H20N4O12S3/c1-24-17-9-14(42(33,34)35)10-18(23(17)30)26-27-22-15(25-16-7-12(40-38-36-31)3-5-19(16)28)4-2-11-6-13(41-39-37-32)8-20(29)21(11)22/h2-10,24-25,28-32H,1H3,(H,33,34,35). The monoisotopic (exact) mass is 640 g/mol. The molecule has 0 heterocycles. The molecule has 4 aromatic rings. The number of phenolic OH excluding ortho intramolecular Hbond substituents is 3. The van der Waals surface area contributed by atoms with Crippen molar-refractivity contribution < 1.29 is 57.5 Å². The highest BCUT2D eigenvalue weighted by molar-refractivity contribution is 7.94. The van der Waals surface area contributed by atoms with Gasteiger partial charge in [0.15, 0.2) is 5.75 Å². The molecule has 0 spiro atoms. The molecule has 0 fully saturated rings. The van der Waals surface area contributed by atoms with E-state index in [2.05, 4.69) is 39.6 Å². The van der Waals surface area contributed by atoms with Crippen molar-refractivity contribution in [1.82, 2.24) is 0 Å². The summed E-state index contributed by atoms with van der Waals surface area (Å²) in [5.74, 6) is -1.02. The third-order valence-electron chi connectivity index (χ3n) is 5.49. The van der Waals surface area contributed by atoms with Crippen molar-refractivity contribution in [2.75, 3.05) is 17.7 Å². The number of hydrogen-bond acceptors (Lipinski definition) is 17. The average Bonchev–Trinajstić information content (AvgIpc) is 2.95. The van der Waals surface area contributed by atoms with Crippen LogP contribution in [0.4, 0.5) is 28.4 Å². The first kappa shape index (κ1) is 31.1. The summed E-state index contributed by atoms with van der Waals surface area (Å²) in [4.78, 5) is 0.151. The first-order chi connectivity index (χ1) is 20.0. The molecule has 222 valence electrons. The van der Waals surface area contributed by atoms with E-state index in [1.165, 1.54) is 37.4 Å². The Hall–Kier alpha value is -3.89. The van der Waals surface area contributed by atoms with Gasteiger partial charge in [-0.1, -0.05) is 16.1 Å². The highest BCUT2D eigenvalue weighted by Gasteiger charge is 2.19. The normalized spacial score (nSPS) is 11.8. The van der Waals surface area contributed by atoms with Crippen molar-refractivity contribution in [3.05, 3.63) is 54.6 Å². The van der Waals surface area contributed by atoms with Crippen LogP contribution < -0.4 is 10.6 Å². The lowest BCUT2D eigenvalue weighted by Crippen LogP contribution is -1.99. The minimum absolute atomic E-state index is 0.0315. The van der Waals surface area contributed by atoms with Gasteiger partial charge in [-0.3, -0.25) is 4.55 Å². The molecular formula is C23H20N4O12S3. The van der Waals surface area contributed by atoms with Gasteiger partial charge in [0.05, 0.1) is 51.4 Å². The molecule has 0 bridgehead atoms. The first-order valence-electron chi connectivity index (χ1n) is 11.2. The van der Waals surface area contributed by atoms with Crippen molar-refractivity contribution in [3.8, 4) is 17.2 Å². The van der Waals surface area contributed by atoms with E-state index < -0.39 is 20.8 Å².